The number of hydrogen-bond acceptors (Lipinski definition) is 6. The summed E-state index contributed by atoms with van der Waals surface area (Å²) in [7, 11) is 1.63. The van der Waals surface area contributed by atoms with Gasteiger partial charge >= 0.3 is 0 Å². The van der Waals surface area contributed by atoms with Crippen LogP contribution in [0.1, 0.15) is 83.1 Å². The van der Waals surface area contributed by atoms with E-state index in [0.717, 1.165) is 34.1 Å². The van der Waals surface area contributed by atoms with Gasteiger partial charge in [-0.3, -0.25) is 9.59 Å². The van der Waals surface area contributed by atoms with Crippen molar-refractivity contribution in [2.45, 2.75) is 102 Å². The third-order valence-corrected chi connectivity index (χ3v) is 9.20. The lowest BCUT2D eigenvalue weighted by molar-refractivity contribution is -0.138. The summed E-state index contributed by atoms with van der Waals surface area (Å²) in [6.45, 7) is 2.54. The molecule has 1 aliphatic carbocycles. The molecule has 9 heteroatoms. The highest BCUT2D eigenvalue weighted by atomic mass is 127. The van der Waals surface area contributed by atoms with Gasteiger partial charge < -0.3 is 29.9 Å². The Bertz CT molecular complexity index is 1220. The SMILES string of the molecule is CCCCCCCCCCCC(=O)N(CCc1cccc(OC)c1)[C@@H]1CC(C(=O)NCCO)=C[C@H](Oc2ccccc2I)[C@H]1O. The number of nitrogens with zero attached hydrogens (tertiary/aromatic N) is 1. The van der Waals surface area contributed by atoms with E-state index in [4.69, 9.17) is 9.47 Å². The molecule has 0 bridgehead atoms. The number of aliphatic hydroxyl groups excluding tert-OH is 2. The number of para-hydroxylation sites is 1. The summed E-state index contributed by atoms with van der Waals surface area (Å²) < 4.78 is 12.6. The van der Waals surface area contributed by atoms with Crippen LogP contribution in [-0.4, -0.2) is 72.0 Å². The van der Waals surface area contributed by atoms with E-state index in [1.54, 1.807) is 18.1 Å². The van der Waals surface area contributed by atoms with Crippen molar-refractivity contribution in [1.29, 1.82) is 0 Å². The minimum atomic E-state index is -1.05. The van der Waals surface area contributed by atoms with Gasteiger partial charge in [-0.05, 0) is 71.3 Å². The number of carbonyl (C=O) groups is 2. The molecule has 45 heavy (non-hydrogen) atoms. The van der Waals surface area contributed by atoms with Gasteiger partial charge in [-0.25, -0.2) is 0 Å². The number of hydrogen-bond donors (Lipinski definition) is 3. The van der Waals surface area contributed by atoms with Crippen molar-refractivity contribution in [3.8, 4) is 11.5 Å². The molecule has 0 aliphatic heterocycles. The standard InChI is InChI=1S/C36H51IN2O6/c1-3-4-5-6-7-8-9-10-11-19-34(41)39(22-20-27-15-14-16-29(24-27)44-2)31-25-28(36(43)38-21-23-40)26-33(35(31)42)45-32-18-13-12-17-30(32)37/h12-18,24,26,31,33,35,40,42H,3-11,19-23,25H2,1-2H3,(H,38,43)/t31-,33+,35+/m1/s1. The van der Waals surface area contributed by atoms with Crippen molar-refractivity contribution in [3.63, 3.8) is 0 Å². The molecule has 0 radical (unpaired) electrons. The van der Waals surface area contributed by atoms with Gasteiger partial charge in [0, 0.05) is 31.5 Å². The van der Waals surface area contributed by atoms with Crippen LogP contribution in [-0.2, 0) is 16.0 Å². The summed E-state index contributed by atoms with van der Waals surface area (Å²) in [5, 5.41) is 23.7. The molecule has 3 N–H and O–H groups in total. The van der Waals surface area contributed by atoms with Gasteiger partial charge in [0.1, 0.15) is 23.7 Å². The molecule has 0 heterocycles. The molecule has 0 saturated heterocycles. The van der Waals surface area contributed by atoms with Crippen LogP contribution in [0.4, 0.5) is 0 Å². The number of halogens is 1. The molecule has 0 fully saturated rings. The maximum absolute atomic E-state index is 13.9. The summed E-state index contributed by atoms with van der Waals surface area (Å²) in [5.41, 5.74) is 1.44. The van der Waals surface area contributed by atoms with Gasteiger partial charge in [0.2, 0.25) is 11.8 Å². The number of carbonyl (C=O) groups excluding carboxylic acids is 2. The first-order chi connectivity index (χ1) is 21.9. The van der Waals surface area contributed by atoms with Crippen LogP contribution in [0.25, 0.3) is 0 Å². The molecule has 2 aromatic carbocycles. The number of methoxy groups -OCH3 is 1. The Balaban J connectivity index is 1.79. The number of aliphatic hydroxyl groups is 2. The molecule has 3 atom stereocenters. The Labute approximate surface area is 282 Å². The van der Waals surface area contributed by atoms with Gasteiger partial charge in [0.05, 0.1) is 23.3 Å². The molecule has 8 nitrogen and oxygen atoms in total. The second-order valence-corrected chi connectivity index (χ2v) is 12.9. The number of unbranched alkanes of at least 4 members (excludes halogenated alkanes) is 8. The Morgan fingerprint density at radius 1 is 1.00 bits per heavy atom. The van der Waals surface area contributed by atoms with Crippen molar-refractivity contribution in [1.82, 2.24) is 10.2 Å². The number of ether oxygens (including phenoxy) is 2. The summed E-state index contributed by atoms with van der Waals surface area (Å²) >= 11 is 2.18. The van der Waals surface area contributed by atoms with Crippen LogP contribution in [0, 0.1) is 3.57 Å². The smallest absolute Gasteiger partial charge is 0.247 e. The first kappa shape index (κ1) is 36.8. The van der Waals surface area contributed by atoms with E-state index in [2.05, 4.69) is 34.8 Å². The summed E-state index contributed by atoms with van der Waals surface area (Å²) in [6.07, 6.45) is 11.3. The van der Waals surface area contributed by atoms with Crippen molar-refractivity contribution in [2.24, 2.45) is 0 Å². The van der Waals surface area contributed by atoms with Gasteiger partial charge in [-0.1, -0.05) is 82.6 Å². The Hall–Kier alpha value is -2.63. The van der Waals surface area contributed by atoms with Gasteiger partial charge in [-0.15, -0.1) is 0 Å². The zero-order valence-electron chi connectivity index (χ0n) is 26.9. The normalized spacial score (nSPS) is 17.8. The predicted molar refractivity (Wildman–Crippen MR) is 186 cm³/mol. The first-order valence-corrected chi connectivity index (χ1v) is 17.6. The Morgan fingerprint density at radius 3 is 2.40 bits per heavy atom. The highest BCUT2D eigenvalue weighted by Crippen LogP contribution is 2.30. The zero-order chi connectivity index (χ0) is 32.4. The monoisotopic (exact) mass is 734 g/mol. The topological polar surface area (TPSA) is 108 Å². The molecule has 0 unspecified atom stereocenters. The highest BCUT2D eigenvalue weighted by molar-refractivity contribution is 14.1. The Morgan fingerprint density at radius 2 is 1.71 bits per heavy atom. The van der Waals surface area contributed by atoms with E-state index in [0.29, 0.717) is 30.7 Å². The van der Waals surface area contributed by atoms with Crippen LogP contribution in [0.3, 0.4) is 0 Å². The fourth-order valence-corrected chi connectivity index (χ4v) is 6.26. The van der Waals surface area contributed by atoms with Crippen LogP contribution in [0.15, 0.2) is 60.2 Å². The second kappa shape index (κ2) is 20.5. The maximum Gasteiger partial charge on any atom is 0.247 e. The second-order valence-electron chi connectivity index (χ2n) is 11.7. The third kappa shape index (κ3) is 12.2. The van der Waals surface area contributed by atoms with Crippen LogP contribution in [0.5, 0.6) is 11.5 Å². The fraction of sp³-hybridized carbons (Fsp3) is 0.556. The van der Waals surface area contributed by atoms with Crippen LogP contribution < -0.4 is 14.8 Å². The van der Waals surface area contributed by atoms with E-state index in [1.807, 2.05) is 48.5 Å². The number of rotatable bonds is 20. The number of nitrogens with one attached hydrogen (secondary N) is 1. The molecule has 3 rings (SSSR count). The van der Waals surface area contributed by atoms with E-state index in [-0.39, 0.29) is 31.4 Å². The summed E-state index contributed by atoms with van der Waals surface area (Å²) in [5.74, 6) is 0.971. The lowest BCUT2D eigenvalue weighted by Gasteiger charge is -2.40. The molecular formula is C36H51IN2O6. The van der Waals surface area contributed by atoms with Gasteiger partial charge in [0.15, 0.2) is 0 Å². The zero-order valence-corrected chi connectivity index (χ0v) is 29.0. The van der Waals surface area contributed by atoms with Crippen LogP contribution in [0.2, 0.25) is 0 Å². The Kier molecular flexibility index (Phi) is 16.8. The average Bonchev–Trinajstić information content (AvgIpc) is 3.05. The van der Waals surface area contributed by atoms with E-state index in [9.17, 15) is 19.8 Å². The van der Waals surface area contributed by atoms with Crippen LogP contribution >= 0.6 is 22.6 Å². The lowest BCUT2D eigenvalue weighted by Crippen LogP contribution is -2.55. The van der Waals surface area contributed by atoms with E-state index < -0.39 is 18.2 Å². The third-order valence-electron chi connectivity index (χ3n) is 8.30. The predicted octanol–water partition coefficient (Wildman–Crippen LogP) is 6.21. The molecular weight excluding hydrogens is 683 g/mol. The van der Waals surface area contributed by atoms with Gasteiger partial charge in [-0.2, -0.15) is 0 Å². The fourth-order valence-electron chi connectivity index (χ4n) is 5.75. The highest BCUT2D eigenvalue weighted by Gasteiger charge is 2.40. The summed E-state index contributed by atoms with van der Waals surface area (Å²) in [6, 6.07) is 14.6. The molecule has 2 aromatic rings. The van der Waals surface area contributed by atoms with Crippen molar-refractivity contribution in [3.05, 3.63) is 69.3 Å². The minimum Gasteiger partial charge on any atom is -0.497 e. The lowest BCUT2D eigenvalue weighted by atomic mass is 9.87. The van der Waals surface area contributed by atoms with E-state index in [1.165, 1.54) is 38.5 Å². The molecule has 2 amide bonds. The molecule has 0 aromatic heterocycles. The minimum absolute atomic E-state index is 0.0325. The number of benzene rings is 2. The molecule has 248 valence electrons. The molecule has 0 spiro atoms. The molecule has 0 saturated carbocycles. The van der Waals surface area contributed by atoms with Crippen molar-refractivity contribution >= 4 is 34.4 Å². The van der Waals surface area contributed by atoms with Gasteiger partial charge in [0.25, 0.3) is 0 Å². The quantitative estimate of drug-likeness (QED) is 0.110. The van der Waals surface area contributed by atoms with Crippen molar-refractivity contribution < 1.29 is 29.3 Å². The first-order valence-electron chi connectivity index (χ1n) is 16.5. The maximum atomic E-state index is 13.9. The number of amides is 2. The molecule has 1 aliphatic rings. The summed E-state index contributed by atoms with van der Waals surface area (Å²) in [4.78, 5) is 28.8. The van der Waals surface area contributed by atoms with Crippen molar-refractivity contribution in [2.75, 3.05) is 26.8 Å². The largest absolute Gasteiger partial charge is 0.497 e. The average molecular weight is 735 g/mol. The van der Waals surface area contributed by atoms with E-state index >= 15 is 0 Å².